The highest BCUT2D eigenvalue weighted by Gasteiger charge is 1.99. The van der Waals surface area contributed by atoms with Crippen LogP contribution >= 0.6 is 0 Å². The predicted molar refractivity (Wildman–Crippen MR) is 34.3 cm³/mol. The summed E-state index contributed by atoms with van der Waals surface area (Å²) >= 11 is 0. The number of allylic oxidation sites excluding steroid dienone is 2. The second-order valence-corrected chi connectivity index (χ2v) is 1.84. The zero-order valence-corrected chi connectivity index (χ0v) is 5.10. The van der Waals surface area contributed by atoms with Gasteiger partial charge in [-0.25, -0.2) is 0 Å². The maximum absolute atomic E-state index is 3.98. The number of nitrogens with zero attached hydrogens (tertiary/aromatic N) is 1. The van der Waals surface area contributed by atoms with Crippen molar-refractivity contribution in [3.8, 4) is 0 Å². The highest BCUT2D eigenvalue weighted by atomic mass is 15.1. The lowest BCUT2D eigenvalue weighted by Crippen LogP contribution is -2.17. The molecule has 2 heteroatoms. The molecule has 0 fully saturated rings. The van der Waals surface area contributed by atoms with Crippen molar-refractivity contribution in [3.63, 3.8) is 0 Å². The minimum absolute atomic E-state index is 0.963. The van der Waals surface area contributed by atoms with Crippen LogP contribution in [-0.4, -0.2) is 6.21 Å². The van der Waals surface area contributed by atoms with Gasteiger partial charge in [-0.05, 0) is 19.9 Å². The van der Waals surface area contributed by atoms with Gasteiger partial charge in [-0.15, -0.1) is 0 Å². The molecule has 43 valence electrons. The van der Waals surface area contributed by atoms with Gasteiger partial charge in [0, 0.05) is 11.9 Å². The SMILES string of the molecule is C[C]1N=CC=C(C)N1. The van der Waals surface area contributed by atoms with Crippen LogP contribution < -0.4 is 5.32 Å². The van der Waals surface area contributed by atoms with Crippen molar-refractivity contribution >= 4 is 6.21 Å². The summed E-state index contributed by atoms with van der Waals surface area (Å²) in [7, 11) is 0. The Labute approximate surface area is 49.3 Å². The first-order valence-corrected chi connectivity index (χ1v) is 2.60. The van der Waals surface area contributed by atoms with E-state index in [1.54, 1.807) is 6.21 Å². The largest absolute Gasteiger partial charge is 0.362 e. The third-order valence-corrected chi connectivity index (χ3v) is 0.971. The van der Waals surface area contributed by atoms with Gasteiger partial charge < -0.3 is 5.32 Å². The van der Waals surface area contributed by atoms with Crippen LogP contribution in [-0.2, 0) is 0 Å². The van der Waals surface area contributed by atoms with Crippen molar-refractivity contribution < 1.29 is 0 Å². The number of nitrogens with one attached hydrogen (secondary N) is 1. The molecular formula is C6H9N2. The Kier molecular flexibility index (Phi) is 1.33. The van der Waals surface area contributed by atoms with Gasteiger partial charge >= 0.3 is 0 Å². The van der Waals surface area contributed by atoms with Gasteiger partial charge in [0.25, 0.3) is 0 Å². The maximum atomic E-state index is 3.98. The lowest BCUT2D eigenvalue weighted by atomic mass is 10.4. The third kappa shape index (κ3) is 1.09. The maximum Gasteiger partial charge on any atom is 0.169 e. The van der Waals surface area contributed by atoms with Gasteiger partial charge in [-0.3, -0.25) is 4.99 Å². The molecule has 1 rings (SSSR count). The molecule has 0 saturated carbocycles. The summed E-state index contributed by atoms with van der Waals surface area (Å²) in [5, 5.41) is 3.06. The minimum atomic E-state index is 0.963. The van der Waals surface area contributed by atoms with Crippen LogP contribution in [0.5, 0.6) is 0 Å². The molecule has 0 aliphatic carbocycles. The average Bonchev–Trinajstić information content (AvgIpc) is 1.64. The summed E-state index contributed by atoms with van der Waals surface area (Å²) in [6, 6.07) is 0. The van der Waals surface area contributed by atoms with E-state index in [9.17, 15) is 0 Å². The molecule has 1 radical (unpaired) electrons. The van der Waals surface area contributed by atoms with E-state index in [1.165, 1.54) is 0 Å². The van der Waals surface area contributed by atoms with Crippen LogP contribution in [0.2, 0.25) is 0 Å². The van der Waals surface area contributed by atoms with Crippen LogP contribution in [0.4, 0.5) is 0 Å². The zero-order chi connectivity index (χ0) is 5.98. The summed E-state index contributed by atoms with van der Waals surface area (Å²) < 4.78 is 0. The van der Waals surface area contributed by atoms with Crippen LogP contribution in [0.3, 0.4) is 0 Å². The number of rotatable bonds is 0. The van der Waals surface area contributed by atoms with E-state index in [2.05, 4.69) is 10.3 Å². The number of aliphatic imine (C=N–C) groups is 1. The Hall–Kier alpha value is -0.790. The van der Waals surface area contributed by atoms with E-state index in [-0.39, 0.29) is 0 Å². The molecule has 0 aromatic heterocycles. The molecule has 1 aliphatic heterocycles. The fourth-order valence-corrected chi connectivity index (χ4v) is 0.620. The predicted octanol–water partition coefficient (Wildman–Crippen LogP) is 1.07. The van der Waals surface area contributed by atoms with Crippen LogP contribution in [0, 0.1) is 6.17 Å². The van der Waals surface area contributed by atoms with Crippen molar-refractivity contribution in [1.29, 1.82) is 0 Å². The van der Waals surface area contributed by atoms with Crippen molar-refractivity contribution in [1.82, 2.24) is 5.32 Å². The molecule has 0 spiro atoms. The van der Waals surface area contributed by atoms with Gasteiger partial charge in [0.15, 0.2) is 6.17 Å². The van der Waals surface area contributed by atoms with E-state index in [1.807, 2.05) is 19.9 Å². The Morgan fingerprint density at radius 3 is 2.62 bits per heavy atom. The van der Waals surface area contributed by atoms with E-state index in [0.717, 1.165) is 11.9 Å². The molecule has 1 N–H and O–H groups in total. The first-order chi connectivity index (χ1) is 3.79. The standard InChI is InChI=1S/C6H9N2/c1-5-3-4-7-6(2)8-5/h3-4,8H,1-2H3. The smallest absolute Gasteiger partial charge is 0.169 e. The van der Waals surface area contributed by atoms with Gasteiger partial charge in [0.1, 0.15) is 0 Å². The monoisotopic (exact) mass is 109 g/mol. The van der Waals surface area contributed by atoms with E-state index in [4.69, 9.17) is 0 Å². The molecule has 8 heavy (non-hydrogen) atoms. The minimum Gasteiger partial charge on any atom is -0.362 e. The molecule has 1 heterocycles. The fourth-order valence-electron chi connectivity index (χ4n) is 0.620. The van der Waals surface area contributed by atoms with Crippen molar-refractivity contribution in [3.05, 3.63) is 17.9 Å². The van der Waals surface area contributed by atoms with Crippen LogP contribution in [0.25, 0.3) is 0 Å². The van der Waals surface area contributed by atoms with Gasteiger partial charge in [-0.2, -0.15) is 0 Å². The van der Waals surface area contributed by atoms with Crippen molar-refractivity contribution in [2.24, 2.45) is 4.99 Å². The molecule has 0 amide bonds. The first kappa shape index (κ1) is 5.35. The summed E-state index contributed by atoms with van der Waals surface area (Å²) in [5.41, 5.74) is 1.15. The molecule has 0 aromatic rings. The molecule has 0 saturated heterocycles. The van der Waals surface area contributed by atoms with Gasteiger partial charge in [-0.1, -0.05) is 0 Å². The average molecular weight is 109 g/mol. The molecule has 0 unspecified atom stereocenters. The number of hydrogen-bond acceptors (Lipinski definition) is 2. The molecule has 2 nitrogen and oxygen atoms in total. The highest BCUT2D eigenvalue weighted by Crippen LogP contribution is 2.01. The highest BCUT2D eigenvalue weighted by molar-refractivity contribution is 5.73. The molecule has 0 aromatic carbocycles. The summed E-state index contributed by atoms with van der Waals surface area (Å²) in [4.78, 5) is 3.98. The van der Waals surface area contributed by atoms with Crippen LogP contribution in [0.15, 0.2) is 16.8 Å². The Morgan fingerprint density at radius 2 is 2.25 bits per heavy atom. The summed E-state index contributed by atoms with van der Waals surface area (Å²) in [6.45, 7) is 3.95. The van der Waals surface area contributed by atoms with Gasteiger partial charge in [0.05, 0.1) is 0 Å². The fraction of sp³-hybridized carbons (Fsp3) is 0.333. The Morgan fingerprint density at radius 1 is 1.50 bits per heavy atom. The van der Waals surface area contributed by atoms with E-state index >= 15 is 0 Å². The van der Waals surface area contributed by atoms with Crippen molar-refractivity contribution in [2.75, 3.05) is 0 Å². The second-order valence-electron chi connectivity index (χ2n) is 1.84. The Bertz CT molecular complexity index is 135. The quantitative estimate of drug-likeness (QED) is 0.494. The third-order valence-electron chi connectivity index (χ3n) is 0.971. The molecular weight excluding hydrogens is 100 g/mol. The topological polar surface area (TPSA) is 24.4 Å². The Balaban J connectivity index is 2.59. The second kappa shape index (κ2) is 1.99. The number of hydrogen-bond donors (Lipinski definition) is 1. The van der Waals surface area contributed by atoms with Crippen molar-refractivity contribution in [2.45, 2.75) is 13.8 Å². The van der Waals surface area contributed by atoms with E-state index < -0.39 is 0 Å². The molecule has 0 atom stereocenters. The lowest BCUT2D eigenvalue weighted by molar-refractivity contribution is 0.795. The molecule has 1 aliphatic rings. The first-order valence-electron chi connectivity index (χ1n) is 2.60. The zero-order valence-electron chi connectivity index (χ0n) is 5.10. The normalized spacial score (nSPS) is 20.0. The van der Waals surface area contributed by atoms with Crippen LogP contribution in [0.1, 0.15) is 13.8 Å². The van der Waals surface area contributed by atoms with E-state index in [0.29, 0.717) is 0 Å². The molecule has 0 bridgehead atoms. The lowest BCUT2D eigenvalue weighted by Gasteiger charge is -2.11. The van der Waals surface area contributed by atoms with Gasteiger partial charge in [0.2, 0.25) is 0 Å². The summed E-state index contributed by atoms with van der Waals surface area (Å²) in [6.07, 6.45) is 4.69. The summed E-state index contributed by atoms with van der Waals surface area (Å²) in [5.74, 6) is 0.